The third kappa shape index (κ3) is 4.14. The first-order valence-corrected chi connectivity index (χ1v) is 8.19. The van der Waals surface area contributed by atoms with Crippen LogP contribution in [-0.4, -0.2) is 10.9 Å². The lowest BCUT2D eigenvalue weighted by atomic mass is 10.2. The highest BCUT2D eigenvalue weighted by Gasteiger charge is 2.15. The number of rotatable bonds is 5. The number of thiophene rings is 1. The zero-order chi connectivity index (χ0) is 15.9. The average molecular weight is 320 g/mol. The van der Waals surface area contributed by atoms with Gasteiger partial charge in [0.15, 0.2) is 0 Å². The first-order valence-electron chi connectivity index (χ1n) is 7.31. The minimum atomic E-state index is -0.0825. The largest absolute Gasteiger partial charge is 0.288 e. The molecule has 0 fully saturated rings. The second-order valence-electron chi connectivity index (χ2n) is 4.94. The van der Waals surface area contributed by atoms with Crippen LogP contribution in [0.1, 0.15) is 10.4 Å². The zero-order valence-corrected chi connectivity index (χ0v) is 13.3. The molecule has 0 aliphatic carbocycles. The van der Waals surface area contributed by atoms with Crippen molar-refractivity contribution in [3.8, 4) is 0 Å². The zero-order valence-electron chi connectivity index (χ0n) is 12.5. The number of carbonyl (C=O) groups is 1. The van der Waals surface area contributed by atoms with Crippen LogP contribution < -0.4 is 4.90 Å². The van der Waals surface area contributed by atoms with Gasteiger partial charge in [0.2, 0.25) is 0 Å². The number of pyridine rings is 1. The summed E-state index contributed by atoms with van der Waals surface area (Å²) < 4.78 is 0. The van der Waals surface area contributed by atoms with Gasteiger partial charge < -0.3 is 0 Å². The lowest BCUT2D eigenvalue weighted by Gasteiger charge is -2.19. The quantitative estimate of drug-likeness (QED) is 0.653. The molecule has 114 valence electrons. The third-order valence-electron chi connectivity index (χ3n) is 3.30. The van der Waals surface area contributed by atoms with Crippen molar-refractivity contribution in [3.63, 3.8) is 0 Å². The van der Waals surface area contributed by atoms with Gasteiger partial charge in [-0.3, -0.25) is 9.69 Å². The molecule has 2 heterocycles. The van der Waals surface area contributed by atoms with E-state index < -0.39 is 0 Å². The van der Waals surface area contributed by atoms with E-state index in [1.165, 1.54) is 0 Å². The SMILES string of the molecule is O=C(C=Cc1ccccc1)N(Cc1cccs1)c1ccccn1. The van der Waals surface area contributed by atoms with Gasteiger partial charge in [0.25, 0.3) is 5.91 Å². The van der Waals surface area contributed by atoms with E-state index in [4.69, 9.17) is 0 Å². The molecule has 3 rings (SSSR count). The number of benzene rings is 1. The maximum Gasteiger partial charge on any atom is 0.252 e. The molecular weight excluding hydrogens is 304 g/mol. The van der Waals surface area contributed by atoms with Crippen LogP contribution in [0.2, 0.25) is 0 Å². The van der Waals surface area contributed by atoms with E-state index in [1.54, 1.807) is 28.5 Å². The Morgan fingerprint density at radius 1 is 1.04 bits per heavy atom. The van der Waals surface area contributed by atoms with Crippen LogP contribution in [-0.2, 0) is 11.3 Å². The molecule has 0 saturated heterocycles. The van der Waals surface area contributed by atoms with Gasteiger partial charge in [-0.15, -0.1) is 11.3 Å². The Hall–Kier alpha value is -2.72. The van der Waals surface area contributed by atoms with E-state index >= 15 is 0 Å². The minimum absolute atomic E-state index is 0.0825. The highest BCUT2D eigenvalue weighted by Crippen LogP contribution is 2.18. The molecule has 0 aliphatic rings. The molecule has 4 heteroatoms. The molecule has 23 heavy (non-hydrogen) atoms. The molecule has 2 aromatic heterocycles. The van der Waals surface area contributed by atoms with Crippen LogP contribution in [0.25, 0.3) is 6.08 Å². The fraction of sp³-hybridized carbons (Fsp3) is 0.0526. The Kier molecular flexibility index (Phi) is 4.96. The molecule has 3 aromatic rings. The molecular formula is C19H16N2OS. The van der Waals surface area contributed by atoms with Crippen molar-refractivity contribution in [2.75, 3.05) is 4.90 Å². The van der Waals surface area contributed by atoms with Gasteiger partial charge in [-0.1, -0.05) is 42.5 Å². The normalized spacial score (nSPS) is 10.8. The van der Waals surface area contributed by atoms with Crippen LogP contribution in [0.3, 0.4) is 0 Å². The van der Waals surface area contributed by atoms with Crippen LogP contribution >= 0.6 is 11.3 Å². The van der Waals surface area contributed by atoms with E-state index in [9.17, 15) is 4.79 Å². The number of amides is 1. The number of nitrogens with zero attached hydrogens (tertiary/aromatic N) is 2. The van der Waals surface area contributed by atoms with E-state index in [0.717, 1.165) is 10.4 Å². The van der Waals surface area contributed by atoms with Gasteiger partial charge in [0.05, 0.1) is 6.54 Å². The molecule has 0 saturated carbocycles. The van der Waals surface area contributed by atoms with Crippen molar-refractivity contribution in [1.82, 2.24) is 4.98 Å². The first kappa shape index (κ1) is 15.2. The predicted molar refractivity (Wildman–Crippen MR) is 95.2 cm³/mol. The first-order chi connectivity index (χ1) is 11.3. The number of anilines is 1. The van der Waals surface area contributed by atoms with Gasteiger partial charge in [0, 0.05) is 17.2 Å². The predicted octanol–water partition coefficient (Wildman–Crippen LogP) is 4.39. The summed E-state index contributed by atoms with van der Waals surface area (Å²) in [5, 5.41) is 2.01. The Bertz CT molecular complexity index is 768. The number of aromatic nitrogens is 1. The Labute approximate surface area is 139 Å². The third-order valence-corrected chi connectivity index (χ3v) is 4.16. The van der Waals surface area contributed by atoms with Crippen molar-refractivity contribution < 1.29 is 4.79 Å². The molecule has 0 atom stereocenters. The van der Waals surface area contributed by atoms with Gasteiger partial charge in [-0.2, -0.15) is 0 Å². The monoisotopic (exact) mass is 320 g/mol. The van der Waals surface area contributed by atoms with E-state index in [-0.39, 0.29) is 5.91 Å². The van der Waals surface area contributed by atoms with Gasteiger partial charge in [-0.25, -0.2) is 4.98 Å². The van der Waals surface area contributed by atoms with Crippen molar-refractivity contribution in [2.24, 2.45) is 0 Å². The summed E-state index contributed by atoms with van der Waals surface area (Å²) in [6, 6.07) is 19.4. The summed E-state index contributed by atoms with van der Waals surface area (Å²) in [7, 11) is 0. The van der Waals surface area contributed by atoms with E-state index in [0.29, 0.717) is 12.4 Å². The Balaban J connectivity index is 1.82. The van der Waals surface area contributed by atoms with Crippen molar-refractivity contribution in [3.05, 3.63) is 88.8 Å². The molecule has 0 radical (unpaired) electrons. The number of hydrogen-bond acceptors (Lipinski definition) is 3. The molecule has 0 N–H and O–H groups in total. The summed E-state index contributed by atoms with van der Waals surface area (Å²) in [5.74, 6) is 0.574. The van der Waals surface area contributed by atoms with Crippen LogP contribution in [0, 0.1) is 0 Å². The molecule has 0 unspecified atom stereocenters. The van der Waals surface area contributed by atoms with Gasteiger partial charge in [-0.05, 0) is 35.2 Å². The standard InChI is InChI=1S/C19H16N2OS/c22-19(12-11-16-7-2-1-3-8-16)21(15-17-9-6-14-23-17)18-10-4-5-13-20-18/h1-14H,15H2. The maximum atomic E-state index is 12.6. The number of hydrogen-bond donors (Lipinski definition) is 0. The van der Waals surface area contributed by atoms with Crippen LogP contribution in [0.5, 0.6) is 0 Å². The molecule has 0 aliphatic heterocycles. The summed E-state index contributed by atoms with van der Waals surface area (Å²) in [5.41, 5.74) is 0.998. The second-order valence-corrected chi connectivity index (χ2v) is 5.97. The summed E-state index contributed by atoms with van der Waals surface area (Å²) >= 11 is 1.63. The van der Waals surface area contributed by atoms with Crippen LogP contribution in [0.15, 0.2) is 78.3 Å². The summed E-state index contributed by atoms with van der Waals surface area (Å²) in [6.07, 6.45) is 5.12. The smallest absolute Gasteiger partial charge is 0.252 e. The maximum absolute atomic E-state index is 12.6. The van der Waals surface area contributed by atoms with Crippen molar-refractivity contribution in [2.45, 2.75) is 6.54 Å². The second kappa shape index (κ2) is 7.51. The topological polar surface area (TPSA) is 33.2 Å². The molecule has 0 spiro atoms. The van der Waals surface area contributed by atoms with Crippen molar-refractivity contribution >= 4 is 29.1 Å². The van der Waals surface area contributed by atoms with Gasteiger partial charge in [0.1, 0.15) is 5.82 Å². The highest BCUT2D eigenvalue weighted by atomic mass is 32.1. The lowest BCUT2D eigenvalue weighted by molar-refractivity contribution is -0.114. The van der Waals surface area contributed by atoms with Gasteiger partial charge >= 0.3 is 0 Å². The highest BCUT2D eigenvalue weighted by molar-refractivity contribution is 7.09. The molecule has 0 bridgehead atoms. The average Bonchev–Trinajstić information content (AvgIpc) is 3.12. The van der Waals surface area contributed by atoms with Crippen LogP contribution in [0.4, 0.5) is 5.82 Å². The fourth-order valence-corrected chi connectivity index (χ4v) is 2.86. The number of carbonyl (C=O) groups excluding carboxylic acids is 1. The summed E-state index contributed by atoms with van der Waals surface area (Å²) in [4.78, 5) is 19.8. The minimum Gasteiger partial charge on any atom is -0.288 e. The molecule has 1 aromatic carbocycles. The summed E-state index contributed by atoms with van der Waals surface area (Å²) in [6.45, 7) is 0.520. The molecule has 3 nitrogen and oxygen atoms in total. The molecule has 1 amide bonds. The van der Waals surface area contributed by atoms with E-state index in [1.807, 2.05) is 72.1 Å². The van der Waals surface area contributed by atoms with E-state index in [2.05, 4.69) is 4.98 Å². The Morgan fingerprint density at radius 2 is 1.87 bits per heavy atom. The fourth-order valence-electron chi connectivity index (χ4n) is 2.17. The lowest BCUT2D eigenvalue weighted by Crippen LogP contribution is -2.29. The Morgan fingerprint density at radius 3 is 2.57 bits per heavy atom. The van der Waals surface area contributed by atoms with Crippen molar-refractivity contribution in [1.29, 1.82) is 0 Å².